The second-order valence-electron chi connectivity index (χ2n) is 1.70. The minimum atomic E-state index is -0.370. The zero-order valence-electron chi connectivity index (χ0n) is 6.15. The van der Waals surface area contributed by atoms with Crippen LogP contribution in [0.25, 0.3) is 0 Å². The maximum atomic E-state index is 5.50. The topological polar surface area (TPSA) is 3.01 Å². The van der Waals surface area contributed by atoms with Crippen LogP contribution in [0, 0.1) is 0 Å². The Bertz CT molecular complexity index is 95.2. The lowest BCUT2D eigenvalue weighted by Crippen LogP contribution is -3.00. The zero-order valence-corrected chi connectivity index (χ0v) is 8.42. The van der Waals surface area contributed by atoms with Crippen LogP contribution in [0.4, 0.5) is 0 Å². The van der Waals surface area contributed by atoms with Gasteiger partial charge in [0.05, 0.1) is 0 Å². The van der Waals surface area contributed by atoms with Gasteiger partial charge in [0.25, 0.3) is 0 Å². The summed E-state index contributed by atoms with van der Waals surface area (Å²) < 4.78 is 2.06. The van der Waals surface area contributed by atoms with Crippen LogP contribution < -0.4 is 12.4 Å². The number of hydrogen-bond acceptors (Lipinski definition) is 0. The molecule has 0 spiro atoms. The Kier molecular flexibility index (Phi) is 10.1. The average molecular weight is 205 g/mol. The third-order valence-electron chi connectivity index (χ3n) is 1.14. The SMILES string of the molecule is CC[N+](=CC(Cl)Cl)CC.[Cl-]. The highest BCUT2D eigenvalue weighted by atomic mass is 35.5. The Labute approximate surface area is 78.4 Å². The van der Waals surface area contributed by atoms with Gasteiger partial charge in [-0.1, -0.05) is 23.2 Å². The van der Waals surface area contributed by atoms with E-state index < -0.39 is 0 Å². The van der Waals surface area contributed by atoms with Crippen LogP contribution in [0.15, 0.2) is 0 Å². The van der Waals surface area contributed by atoms with Gasteiger partial charge in [-0.2, -0.15) is 0 Å². The van der Waals surface area contributed by atoms with E-state index >= 15 is 0 Å². The van der Waals surface area contributed by atoms with Crippen molar-refractivity contribution in [3.63, 3.8) is 0 Å². The van der Waals surface area contributed by atoms with Crippen LogP contribution in [-0.4, -0.2) is 28.7 Å². The van der Waals surface area contributed by atoms with Crippen molar-refractivity contribution < 1.29 is 17.0 Å². The fourth-order valence-electron chi connectivity index (χ4n) is 0.594. The summed E-state index contributed by atoms with van der Waals surface area (Å²) in [6.45, 7) is 6.06. The lowest BCUT2D eigenvalue weighted by Gasteiger charge is -1.94. The molecule has 0 bridgehead atoms. The van der Waals surface area contributed by atoms with E-state index in [4.69, 9.17) is 23.2 Å². The van der Waals surface area contributed by atoms with Crippen molar-refractivity contribution in [2.75, 3.05) is 13.1 Å². The number of nitrogens with zero attached hydrogens (tertiary/aromatic N) is 1. The van der Waals surface area contributed by atoms with E-state index in [2.05, 4.69) is 18.4 Å². The van der Waals surface area contributed by atoms with Crippen molar-refractivity contribution in [3.05, 3.63) is 0 Å². The quantitative estimate of drug-likeness (QED) is 0.313. The lowest BCUT2D eigenvalue weighted by molar-refractivity contribution is -0.516. The van der Waals surface area contributed by atoms with Gasteiger partial charge in [-0.15, -0.1) is 0 Å². The molecule has 0 saturated carbocycles. The average Bonchev–Trinajstić information content (AvgIpc) is 1.82. The molecule has 10 heavy (non-hydrogen) atoms. The first-order valence-electron chi connectivity index (χ1n) is 3.07. The number of hydrogen-bond donors (Lipinski definition) is 0. The van der Waals surface area contributed by atoms with Gasteiger partial charge in [-0.3, -0.25) is 0 Å². The van der Waals surface area contributed by atoms with Crippen molar-refractivity contribution in [2.45, 2.75) is 18.7 Å². The highest BCUT2D eigenvalue weighted by molar-refractivity contribution is 6.51. The van der Waals surface area contributed by atoms with Gasteiger partial charge < -0.3 is 12.4 Å². The normalized spacial score (nSPS) is 8.90. The molecule has 0 rings (SSSR count). The molecule has 0 aromatic heterocycles. The van der Waals surface area contributed by atoms with E-state index in [0.29, 0.717) is 0 Å². The van der Waals surface area contributed by atoms with Gasteiger partial charge in [0.1, 0.15) is 13.1 Å². The highest BCUT2D eigenvalue weighted by Crippen LogP contribution is 1.95. The molecule has 0 aliphatic rings. The molecule has 0 fully saturated rings. The maximum absolute atomic E-state index is 5.50. The van der Waals surface area contributed by atoms with Gasteiger partial charge in [0.2, 0.25) is 0 Å². The summed E-state index contributed by atoms with van der Waals surface area (Å²) in [5.74, 6) is 0. The summed E-state index contributed by atoms with van der Waals surface area (Å²) in [7, 11) is 0. The van der Waals surface area contributed by atoms with Crippen LogP contribution >= 0.6 is 23.2 Å². The molecule has 0 unspecified atom stereocenters. The third-order valence-corrected chi connectivity index (χ3v) is 1.36. The van der Waals surface area contributed by atoms with Crippen LogP contribution in [0.3, 0.4) is 0 Å². The van der Waals surface area contributed by atoms with E-state index in [9.17, 15) is 0 Å². The first-order valence-corrected chi connectivity index (χ1v) is 3.95. The standard InChI is InChI=1S/C6H12Cl2N.ClH/c1-3-9(4-2)5-6(7)8;/h5-6H,3-4H2,1-2H3;1H/q+1;/p-1. The molecule has 4 heteroatoms. The molecule has 0 aromatic carbocycles. The van der Waals surface area contributed by atoms with Gasteiger partial charge in [0, 0.05) is 0 Å². The molecule has 0 saturated heterocycles. The lowest BCUT2D eigenvalue weighted by atomic mass is 10.6. The Morgan fingerprint density at radius 3 is 1.80 bits per heavy atom. The minimum absolute atomic E-state index is 0. The van der Waals surface area contributed by atoms with Crippen molar-refractivity contribution in [3.8, 4) is 0 Å². The molecule has 0 heterocycles. The fraction of sp³-hybridized carbons (Fsp3) is 0.833. The summed E-state index contributed by atoms with van der Waals surface area (Å²) in [4.78, 5) is -0.370. The van der Waals surface area contributed by atoms with E-state index in [1.54, 1.807) is 0 Å². The second kappa shape index (κ2) is 7.64. The summed E-state index contributed by atoms with van der Waals surface area (Å²) in [6.07, 6.45) is 1.81. The van der Waals surface area contributed by atoms with Crippen LogP contribution in [0.1, 0.15) is 13.8 Å². The van der Waals surface area contributed by atoms with Gasteiger partial charge >= 0.3 is 0 Å². The minimum Gasteiger partial charge on any atom is -1.00 e. The van der Waals surface area contributed by atoms with E-state index in [1.807, 2.05) is 6.21 Å². The number of rotatable bonds is 3. The van der Waals surface area contributed by atoms with Crippen molar-refractivity contribution in [1.29, 1.82) is 0 Å². The van der Waals surface area contributed by atoms with Crippen molar-refractivity contribution in [1.82, 2.24) is 0 Å². The Morgan fingerprint density at radius 1 is 1.30 bits per heavy atom. The van der Waals surface area contributed by atoms with E-state index in [0.717, 1.165) is 13.1 Å². The molecule has 0 N–H and O–H groups in total. The summed E-state index contributed by atoms with van der Waals surface area (Å²) in [5, 5.41) is 0. The van der Waals surface area contributed by atoms with Crippen LogP contribution in [0.2, 0.25) is 0 Å². The fourth-order valence-corrected chi connectivity index (χ4v) is 0.913. The largest absolute Gasteiger partial charge is 1.00 e. The highest BCUT2D eigenvalue weighted by Gasteiger charge is 2.00. The van der Waals surface area contributed by atoms with Crippen molar-refractivity contribution >= 4 is 29.4 Å². The monoisotopic (exact) mass is 203 g/mol. The predicted octanol–water partition coefficient (Wildman–Crippen LogP) is -1.08. The van der Waals surface area contributed by atoms with E-state index in [-0.39, 0.29) is 17.2 Å². The van der Waals surface area contributed by atoms with Crippen LogP contribution in [-0.2, 0) is 0 Å². The molecule has 1 nitrogen and oxygen atoms in total. The van der Waals surface area contributed by atoms with E-state index in [1.165, 1.54) is 0 Å². The maximum Gasteiger partial charge on any atom is 0.183 e. The van der Waals surface area contributed by atoms with Gasteiger partial charge in [-0.05, 0) is 13.8 Å². The van der Waals surface area contributed by atoms with Crippen LogP contribution in [0.5, 0.6) is 0 Å². The van der Waals surface area contributed by atoms with Crippen molar-refractivity contribution in [2.24, 2.45) is 0 Å². The van der Waals surface area contributed by atoms with Gasteiger partial charge in [0.15, 0.2) is 11.1 Å². The Balaban J connectivity index is 0. The Hall–Kier alpha value is 0.540. The predicted molar refractivity (Wildman–Crippen MR) is 42.9 cm³/mol. The molecule has 0 radical (unpaired) electrons. The molecule has 62 valence electrons. The number of alkyl halides is 2. The molecular formula is C6H12Cl3N. The van der Waals surface area contributed by atoms with Gasteiger partial charge in [-0.25, -0.2) is 4.58 Å². The molecule has 0 aliphatic heterocycles. The molecule has 0 aliphatic carbocycles. The summed E-state index contributed by atoms with van der Waals surface area (Å²) in [5.41, 5.74) is 0. The first-order chi connectivity index (χ1) is 4.20. The number of halogens is 3. The molecule has 0 atom stereocenters. The second-order valence-corrected chi connectivity index (χ2v) is 2.87. The molecular weight excluding hydrogens is 192 g/mol. The smallest absolute Gasteiger partial charge is 0.183 e. The summed E-state index contributed by atoms with van der Waals surface area (Å²) in [6, 6.07) is 0. The Morgan fingerprint density at radius 2 is 1.70 bits per heavy atom. The third kappa shape index (κ3) is 6.66. The first kappa shape index (κ1) is 13.2. The molecule has 0 aromatic rings. The zero-order chi connectivity index (χ0) is 7.28. The molecule has 0 amide bonds. The summed E-state index contributed by atoms with van der Waals surface area (Å²) >= 11 is 11.0.